The van der Waals surface area contributed by atoms with E-state index in [1.165, 1.54) is 0 Å². The molecule has 0 aliphatic rings. The second kappa shape index (κ2) is 10.8. The molecule has 1 rings (SSSR count). The van der Waals surface area contributed by atoms with E-state index in [1.807, 2.05) is 13.8 Å². The number of aryl methyl sites for hydroxylation is 2. The minimum absolute atomic E-state index is 0.0936. The number of aromatic hydroxyl groups is 1. The van der Waals surface area contributed by atoms with Crippen LogP contribution in [0.5, 0.6) is 5.75 Å². The summed E-state index contributed by atoms with van der Waals surface area (Å²) < 4.78 is 0. The quantitative estimate of drug-likeness (QED) is 0.360. The fourth-order valence-electron chi connectivity index (χ4n) is 1.82. The van der Waals surface area contributed by atoms with Gasteiger partial charge in [0.25, 0.3) is 0 Å². The highest BCUT2D eigenvalue weighted by atomic mass is 35.5. The van der Waals surface area contributed by atoms with Gasteiger partial charge in [-0.25, -0.2) is 0 Å². The molecule has 0 heterocycles. The summed E-state index contributed by atoms with van der Waals surface area (Å²) in [5.74, 6) is 0.277. The van der Waals surface area contributed by atoms with E-state index in [9.17, 15) is 5.11 Å². The first-order valence-electron chi connectivity index (χ1n) is 7.09. The monoisotopic (exact) mass is 351 g/mol. The topological polar surface area (TPSA) is 133 Å². The molecule has 1 aromatic rings. The van der Waals surface area contributed by atoms with Crippen LogP contribution in [0, 0.1) is 13.8 Å². The Kier molecular flexibility index (Phi) is 10.3. The van der Waals surface area contributed by atoms with Crippen molar-refractivity contribution in [2.75, 3.05) is 20.2 Å². The Morgan fingerprint density at radius 3 is 1.83 bits per heavy atom. The van der Waals surface area contributed by atoms with Gasteiger partial charge in [0.15, 0.2) is 0 Å². The van der Waals surface area contributed by atoms with Gasteiger partial charge in [-0.1, -0.05) is 11.6 Å². The lowest BCUT2D eigenvalue weighted by Crippen LogP contribution is -2.48. The van der Waals surface area contributed by atoms with Crippen molar-refractivity contribution in [2.45, 2.75) is 38.3 Å². The van der Waals surface area contributed by atoms with Crippen molar-refractivity contribution >= 4 is 11.6 Å². The van der Waals surface area contributed by atoms with Gasteiger partial charge in [0.1, 0.15) is 24.1 Å². The summed E-state index contributed by atoms with van der Waals surface area (Å²) in [4.78, 5) is 0. The first-order chi connectivity index (χ1) is 10.6. The normalized spacial score (nSPS) is 16.0. The second-order valence-corrected chi connectivity index (χ2v) is 5.63. The van der Waals surface area contributed by atoms with Gasteiger partial charge in [0.05, 0.1) is 12.7 Å². The zero-order chi connectivity index (χ0) is 18.2. The van der Waals surface area contributed by atoms with Crippen LogP contribution < -0.4 is 5.32 Å². The summed E-state index contributed by atoms with van der Waals surface area (Å²) in [6.45, 7) is 3.17. The zero-order valence-electron chi connectivity index (χ0n) is 13.4. The van der Waals surface area contributed by atoms with Crippen LogP contribution >= 0.6 is 11.6 Å². The van der Waals surface area contributed by atoms with E-state index in [2.05, 4.69) is 5.32 Å². The summed E-state index contributed by atoms with van der Waals surface area (Å²) in [5.41, 5.74) is 1.83. The SMILES string of the molecule is CNC[C@H](O)[C@@H](O)[C@H](O)[C@H](O)CO.Cc1cc(O)cc(C)c1Cl. The molecule has 23 heavy (non-hydrogen) atoms. The van der Waals surface area contributed by atoms with Crippen molar-refractivity contribution < 1.29 is 30.6 Å². The van der Waals surface area contributed by atoms with Crippen LogP contribution in [0.2, 0.25) is 5.02 Å². The molecule has 4 atom stereocenters. The molecule has 7 N–H and O–H groups in total. The predicted octanol–water partition coefficient (Wildman–Crippen LogP) is -0.696. The fourth-order valence-corrected chi connectivity index (χ4v) is 1.93. The average molecular weight is 352 g/mol. The third-order valence-electron chi connectivity index (χ3n) is 3.16. The van der Waals surface area contributed by atoms with Gasteiger partial charge in [-0.05, 0) is 44.2 Å². The second-order valence-electron chi connectivity index (χ2n) is 5.25. The maximum absolute atomic E-state index is 9.21. The van der Waals surface area contributed by atoms with Crippen LogP contribution in [0.15, 0.2) is 12.1 Å². The van der Waals surface area contributed by atoms with Crippen LogP contribution in [0.25, 0.3) is 0 Å². The lowest BCUT2D eigenvalue weighted by atomic mass is 10.0. The van der Waals surface area contributed by atoms with Crippen molar-refractivity contribution in [1.82, 2.24) is 5.32 Å². The molecule has 0 unspecified atom stereocenters. The summed E-state index contributed by atoms with van der Waals surface area (Å²) in [6, 6.07) is 3.30. The molecule has 0 fully saturated rings. The number of benzene rings is 1. The Labute approximate surface area is 140 Å². The molecule has 0 saturated carbocycles. The minimum Gasteiger partial charge on any atom is -0.508 e. The van der Waals surface area contributed by atoms with Gasteiger partial charge in [-0.3, -0.25) is 0 Å². The molecule has 1 aromatic carbocycles. The molecular formula is C15H26ClNO6. The molecule has 0 spiro atoms. The lowest BCUT2D eigenvalue weighted by molar-refractivity contribution is -0.113. The van der Waals surface area contributed by atoms with Gasteiger partial charge in [0.2, 0.25) is 0 Å². The number of halogens is 1. The molecule has 0 aromatic heterocycles. The third kappa shape index (κ3) is 7.45. The molecule has 7 nitrogen and oxygen atoms in total. The van der Waals surface area contributed by atoms with Gasteiger partial charge < -0.3 is 36.0 Å². The van der Waals surface area contributed by atoms with E-state index >= 15 is 0 Å². The summed E-state index contributed by atoms with van der Waals surface area (Å²) in [7, 11) is 1.57. The van der Waals surface area contributed by atoms with E-state index in [0.717, 1.165) is 16.1 Å². The lowest BCUT2D eigenvalue weighted by Gasteiger charge is -2.25. The molecule has 0 radical (unpaired) electrons. The molecule has 0 aliphatic heterocycles. The molecule has 0 amide bonds. The summed E-state index contributed by atoms with van der Waals surface area (Å²) in [6.07, 6.45) is -5.65. The van der Waals surface area contributed by atoms with Crippen LogP contribution in [0.4, 0.5) is 0 Å². The van der Waals surface area contributed by atoms with Crippen molar-refractivity contribution in [3.63, 3.8) is 0 Å². The van der Waals surface area contributed by atoms with Crippen LogP contribution in [-0.4, -0.2) is 75.3 Å². The van der Waals surface area contributed by atoms with E-state index in [1.54, 1.807) is 19.2 Å². The number of phenols is 1. The van der Waals surface area contributed by atoms with Crippen molar-refractivity contribution in [3.8, 4) is 5.75 Å². The van der Waals surface area contributed by atoms with Crippen molar-refractivity contribution in [1.29, 1.82) is 0 Å². The summed E-state index contributed by atoms with van der Waals surface area (Å²) in [5, 5.41) is 57.3. The number of hydrogen-bond donors (Lipinski definition) is 7. The maximum atomic E-state index is 9.21. The maximum Gasteiger partial charge on any atom is 0.116 e. The number of nitrogens with one attached hydrogen (secondary N) is 1. The Morgan fingerprint density at radius 1 is 1.00 bits per heavy atom. The number of rotatable bonds is 6. The fraction of sp³-hybridized carbons (Fsp3) is 0.600. The first-order valence-corrected chi connectivity index (χ1v) is 7.46. The molecule has 0 bridgehead atoms. The highest BCUT2D eigenvalue weighted by Crippen LogP contribution is 2.24. The van der Waals surface area contributed by atoms with E-state index in [-0.39, 0.29) is 12.3 Å². The molecule has 8 heteroatoms. The Morgan fingerprint density at radius 2 is 1.43 bits per heavy atom. The molecular weight excluding hydrogens is 326 g/mol. The van der Waals surface area contributed by atoms with E-state index in [0.29, 0.717) is 0 Å². The minimum atomic E-state index is -1.55. The Bertz CT molecular complexity index is 450. The van der Waals surface area contributed by atoms with E-state index in [4.69, 9.17) is 37.1 Å². The molecule has 0 saturated heterocycles. The first kappa shape index (κ1) is 22.1. The number of hydrogen-bond acceptors (Lipinski definition) is 7. The average Bonchev–Trinajstić information content (AvgIpc) is 2.51. The zero-order valence-corrected chi connectivity index (χ0v) is 14.2. The van der Waals surface area contributed by atoms with Crippen LogP contribution in [-0.2, 0) is 0 Å². The highest BCUT2D eigenvalue weighted by molar-refractivity contribution is 6.32. The van der Waals surface area contributed by atoms with Gasteiger partial charge >= 0.3 is 0 Å². The van der Waals surface area contributed by atoms with Crippen molar-refractivity contribution in [2.24, 2.45) is 0 Å². The molecule has 134 valence electrons. The van der Waals surface area contributed by atoms with Crippen LogP contribution in [0.1, 0.15) is 11.1 Å². The standard InChI is InChI=1S/C8H9ClO.C7H17NO5/c1-5-3-7(10)4-6(2)8(5)9;1-8-2-4(10)6(12)7(13)5(11)3-9/h3-4,10H,1-2H3;4-13H,2-3H2,1H3/t;4-,5+,6+,7+/m.0/s1. The number of phenolic OH excluding ortho intramolecular Hbond substituents is 1. The molecule has 0 aliphatic carbocycles. The van der Waals surface area contributed by atoms with Crippen molar-refractivity contribution in [3.05, 3.63) is 28.3 Å². The van der Waals surface area contributed by atoms with Gasteiger partial charge in [0, 0.05) is 11.6 Å². The number of aliphatic hydroxyl groups is 5. The Hall–Kier alpha value is -0.930. The number of aliphatic hydroxyl groups excluding tert-OH is 5. The van der Waals surface area contributed by atoms with Gasteiger partial charge in [-0.15, -0.1) is 0 Å². The van der Waals surface area contributed by atoms with Gasteiger partial charge in [-0.2, -0.15) is 0 Å². The highest BCUT2D eigenvalue weighted by Gasteiger charge is 2.29. The predicted molar refractivity (Wildman–Crippen MR) is 87.6 cm³/mol. The summed E-state index contributed by atoms with van der Waals surface area (Å²) >= 11 is 5.84. The van der Waals surface area contributed by atoms with E-state index < -0.39 is 31.0 Å². The smallest absolute Gasteiger partial charge is 0.116 e. The van der Waals surface area contributed by atoms with Crippen LogP contribution in [0.3, 0.4) is 0 Å². The largest absolute Gasteiger partial charge is 0.508 e. The number of likely N-dealkylation sites (N-methyl/N-ethyl adjacent to an activating group) is 1. The third-order valence-corrected chi connectivity index (χ3v) is 3.76. The Balaban J connectivity index is 0.000000433.